The van der Waals surface area contributed by atoms with Crippen molar-refractivity contribution in [2.75, 3.05) is 12.3 Å². The largest absolute Gasteiger partial charge is 0.273 e. The van der Waals surface area contributed by atoms with E-state index >= 15 is 0 Å². The lowest BCUT2D eigenvalue weighted by Gasteiger charge is -2.14. The molecule has 32 heavy (non-hydrogen) atoms. The Labute approximate surface area is 193 Å². The summed E-state index contributed by atoms with van der Waals surface area (Å²) in [6.45, 7) is 0.283. The van der Waals surface area contributed by atoms with Gasteiger partial charge in [-0.2, -0.15) is 0 Å². The van der Waals surface area contributed by atoms with Crippen molar-refractivity contribution in [1.82, 2.24) is 19.7 Å². The molecule has 5 rings (SSSR count). The molecule has 0 aliphatic carbocycles. The number of carbonyl (C=O) groups excluding carboxylic acids is 2. The summed E-state index contributed by atoms with van der Waals surface area (Å²) in [5.74, 6) is 0.688. The maximum atomic E-state index is 12.6. The molecule has 1 aliphatic rings. The highest BCUT2D eigenvalue weighted by Gasteiger charge is 2.34. The zero-order valence-corrected chi connectivity index (χ0v) is 18.4. The molecule has 1 aromatic heterocycles. The van der Waals surface area contributed by atoms with Crippen LogP contribution in [0, 0.1) is 0 Å². The number of hydrogen-bond donors (Lipinski definition) is 0. The van der Waals surface area contributed by atoms with E-state index in [0.29, 0.717) is 32.9 Å². The number of imide groups is 1. The molecule has 4 aromatic rings. The maximum absolute atomic E-state index is 12.6. The van der Waals surface area contributed by atoms with Crippen molar-refractivity contribution >= 4 is 35.2 Å². The monoisotopic (exact) mass is 460 g/mol. The van der Waals surface area contributed by atoms with Crippen molar-refractivity contribution in [3.05, 3.63) is 95.0 Å². The number of fused-ring (bicyclic) bond motifs is 1. The Bertz CT molecular complexity index is 1270. The van der Waals surface area contributed by atoms with E-state index in [1.54, 1.807) is 24.3 Å². The molecule has 1 aliphatic heterocycles. The number of hydrogen-bond acceptors (Lipinski definition) is 5. The molecule has 0 atom stereocenters. The van der Waals surface area contributed by atoms with Crippen LogP contribution in [-0.4, -0.2) is 43.8 Å². The van der Waals surface area contributed by atoms with Crippen LogP contribution >= 0.6 is 23.4 Å². The van der Waals surface area contributed by atoms with Gasteiger partial charge in [-0.1, -0.05) is 65.8 Å². The normalized spacial score (nSPS) is 13.0. The Morgan fingerprint density at radius 1 is 0.781 bits per heavy atom. The Kier molecular flexibility index (Phi) is 5.51. The van der Waals surface area contributed by atoms with Crippen LogP contribution in [0.3, 0.4) is 0 Å². The molecule has 0 saturated carbocycles. The van der Waals surface area contributed by atoms with E-state index < -0.39 is 0 Å². The van der Waals surface area contributed by atoms with E-state index in [9.17, 15) is 9.59 Å². The number of thioether (sulfide) groups is 1. The number of carbonyl (C=O) groups is 2. The molecule has 2 amide bonds. The molecule has 2 heterocycles. The standard InChI is InChI=1S/C24H17ClN4O2S/c25-17-10-12-18(13-11-17)29-21(16-6-2-1-3-7-16)26-27-24(29)32-15-14-28-22(30)19-8-4-5-9-20(19)23(28)31/h1-13H,14-15H2. The molecular formula is C24H17ClN4O2S. The SMILES string of the molecule is O=C1c2ccccc2C(=O)N1CCSc1nnc(-c2ccccc2)n1-c1ccc(Cl)cc1. The van der Waals surface area contributed by atoms with Crippen LogP contribution in [0.25, 0.3) is 17.1 Å². The Hall–Kier alpha value is -3.42. The number of nitrogens with zero attached hydrogens (tertiary/aromatic N) is 4. The van der Waals surface area contributed by atoms with Gasteiger partial charge in [-0.15, -0.1) is 10.2 Å². The first-order valence-electron chi connectivity index (χ1n) is 9.98. The van der Waals surface area contributed by atoms with E-state index in [-0.39, 0.29) is 18.4 Å². The highest BCUT2D eigenvalue weighted by molar-refractivity contribution is 7.99. The van der Waals surface area contributed by atoms with Gasteiger partial charge >= 0.3 is 0 Å². The van der Waals surface area contributed by atoms with Crippen molar-refractivity contribution in [1.29, 1.82) is 0 Å². The highest BCUT2D eigenvalue weighted by atomic mass is 35.5. The minimum absolute atomic E-state index is 0.254. The number of rotatable bonds is 6. The van der Waals surface area contributed by atoms with Crippen molar-refractivity contribution in [3.8, 4) is 17.1 Å². The molecule has 3 aromatic carbocycles. The van der Waals surface area contributed by atoms with E-state index in [2.05, 4.69) is 10.2 Å². The zero-order valence-electron chi connectivity index (χ0n) is 16.8. The summed E-state index contributed by atoms with van der Waals surface area (Å²) in [7, 11) is 0. The second-order valence-corrected chi connectivity index (χ2v) is 8.64. The minimum atomic E-state index is -0.254. The second kappa shape index (κ2) is 8.61. The summed E-state index contributed by atoms with van der Waals surface area (Å²) < 4.78 is 1.96. The summed E-state index contributed by atoms with van der Waals surface area (Å²) >= 11 is 7.52. The molecule has 0 radical (unpaired) electrons. The highest BCUT2D eigenvalue weighted by Crippen LogP contribution is 2.29. The van der Waals surface area contributed by atoms with Gasteiger partial charge in [0.2, 0.25) is 0 Å². The summed E-state index contributed by atoms with van der Waals surface area (Å²) in [6.07, 6.45) is 0. The third kappa shape index (κ3) is 3.70. The van der Waals surface area contributed by atoms with Crippen molar-refractivity contribution < 1.29 is 9.59 Å². The molecule has 0 N–H and O–H groups in total. The second-order valence-electron chi connectivity index (χ2n) is 7.14. The quantitative estimate of drug-likeness (QED) is 0.300. The third-order valence-electron chi connectivity index (χ3n) is 5.17. The van der Waals surface area contributed by atoms with Crippen molar-refractivity contribution in [2.24, 2.45) is 0 Å². The predicted octanol–water partition coefficient (Wildman–Crippen LogP) is 4.98. The van der Waals surface area contributed by atoms with Crippen molar-refractivity contribution in [2.45, 2.75) is 5.16 Å². The van der Waals surface area contributed by atoms with Crippen LogP contribution in [0.1, 0.15) is 20.7 Å². The molecule has 6 nitrogen and oxygen atoms in total. The number of halogens is 1. The van der Waals surface area contributed by atoms with E-state index in [4.69, 9.17) is 11.6 Å². The fraction of sp³-hybridized carbons (Fsp3) is 0.0833. The molecular weight excluding hydrogens is 444 g/mol. The molecule has 0 spiro atoms. The zero-order chi connectivity index (χ0) is 22.1. The maximum Gasteiger partial charge on any atom is 0.261 e. The van der Waals surface area contributed by atoms with Gasteiger partial charge in [0.15, 0.2) is 11.0 Å². The van der Waals surface area contributed by atoms with Gasteiger partial charge < -0.3 is 0 Å². The van der Waals surface area contributed by atoms with Crippen LogP contribution in [0.2, 0.25) is 5.02 Å². The van der Waals surface area contributed by atoms with Crippen LogP contribution < -0.4 is 0 Å². The topological polar surface area (TPSA) is 68.1 Å². The van der Waals surface area contributed by atoms with Gasteiger partial charge in [0.1, 0.15) is 0 Å². The Balaban J connectivity index is 1.40. The average molecular weight is 461 g/mol. The molecule has 0 fully saturated rings. The predicted molar refractivity (Wildman–Crippen MR) is 124 cm³/mol. The summed E-state index contributed by atoms with van der Waals surface area (Å²) in [5, 5.41) is 10.1. The summed E-state index contributed by atoms with van der Waals surface area (Å²) in [6, 6.07) is 24.2. The third-order valence-corrected chi connectivity index (χ3v) is 6.34. The van der Waals surface area contributed by atoms with E-state index in [1.165, 1.54) is 16.7 Å². The number of benzene rings is 3. The number of amides is 2. The van der Waals surface area contributed by atoms with Crippen molar-refractivity contribution in [3.63, 3.8) is 0 Å². The molecule has 158 valence electrons. The lowest BCUT2D eigenvalue weighted by molar-refractivity contribution is 0.0664. The molecule has 8 heteroatoms. The summed E-state index contributed by atoms with van der Waals surface area (Å²) in [5.41, 5.74) is 2.72. The van der Waals surface area contributed by atoms with E-state index in [0.717, 1.165) is 11.3 Å². The van der Waals surface area contributed by atoms with Crippen LogP contribution in [0.15, 0.2) is 84.0 Å². The molecule has 0 bridgehead atoms. The lowest BCUT2D eigenvalue weighted by Crippen LogP contribution is -2.31. The molecule has 0 unspecified atom stereocenters. The van der Waals surface area contributed by atoms with E-state index in [1.807, 2.05) is 59.2 Å². The first kappa shape index (κ1) is 20.5. The van der Waals surface area contributed by atoms with Crippen LogP contribution in [0.4, 0.5) is 0 Å². The number of aromatic nitrogens is 3. The van der Waals surface area contributed by atoms with Gasteiger partial charge in [0.25, 0.3) is 11.8 Å². The molecule has 0 saturated heterocycles. The van der Waals surface area contributed by atoms with Gasteiger partial charge in [0, 0.05) is 28.6 Å². The van der Waals surface area contributed by atoms with Crippen LogP contribution in [-0.2, 0) is 0 Å². The smallest absolute Gasteiger partial charge is 0.261 e. The Morgan fingerprint density at radius 3 is 2.06 bits per heavy atom. The van der Waals surface area contributed by atoms with Gasteiger partial charge in [-0.3, -0.25) is 19.1 Å². The average Bonchev–Trinajstić information content (AvgIpc) is 3.35. The fourth-order valence-electron chi connectivity index (χ4n) is 3.63. The van der Waals surface area contributed by atoms with Gasteiger partial charge in [-0.25, -0.2) is 0 Å². The van der Waals surface area contributed by atoms with Gasteiger partial charge in [-0.05, 0) is 36.4 Å². The lowest BCUT2D eigenvalue weighted by atomic mass is 10.1. The Morgan fingerprint density at radius 2 is 1.41 bits per heavy atom. The first-order valence-corrected chi connectivity index (χ1v) is 11.3. The first-order chi connectivity index (χ1) is 15.6. The van der Waals surface area contributed by atoms with Gasteiger partial charge in [0.05, 0.1) is 11.1 Å². The van der Waals surface area contributed by atoms with Crippen LogP contribution in [0.5, 0.6) is 0 Å². The fourth-order valence-corrected chi connectivity index (χ4v) is 4.63. The summed E-state index contributed by atoms with van der Waals surface area (Å²) in [4.78, 5) is 26.5. The minimum Gasteiger partial charge on any atom is -0.273 e.